The SMILES string of the molecule is Cc1noc([C@@H](C)NC(=O)Cc2coc(-c3ccccc3)n2)n1. The van der Waals surface area contributed by atoms with Crippen LogP contribution in [-0.2, 0) is 11.2 Å². The Bertz CT molecular complexity index is 795. The maximum absolute atomic E-state index is 12.1. The number of nitrogens with zero attached hydrogens (tertiary/aromatic N) is 3. The standard InChI is InChI=1S/C16H16N4O3/c1-10(15-18-11(2)20-23-15)17-14(21)8-13-9-22-16(19-13)12-6-4-3-5-7-12/h3-7,9-10H,8H2,1-2H3,(H,17,21)/t10-/m1/s1. The summed E-state index contributed by atoms with van der Waals surface area (Å²) < 4.78 is 10.4. The zero-order valence-corrected chi connectivity index (χ0v) is 12.8. The van der Waals surface area contributed by atoms with Gasteiger partial charge >= 0.3 is 0 Å². The van der Waals surface area contributed by atoms with Gasteiger partial charge in [0.25, 0.3) is 0 Å². The van der Waals surface area contributed by atoms with Gasteiger partial charge in [-0.15, -0.1) is 0 Å². The molecule has 0 fully saturated rings. The minimum absolute atomic E-state index is 0.119. The number of aryl methyl sites for hydroxylation is 1. The second kappa shape index (κ2) is 6.43. The topological polar surface area (TPSA) is 94.1 Å². The fourth-order valence-corrected chi connectivity index (χ4v) is 2.11. The Morgan fingerprint density at radius 2 is 2.04 bits per heavy atom. The molecule has 2 heterocycles. The molecule has 3 rings (SSSR count). The van der Waals surface area contributed by atoms with Gasteiger partial charge < -0.3 is 14.3 Å². The number of hydrogen-bond donors (Lipinski definition) is 1. The van der Waals surface area contributed by atoms with E-state index in [0.29, 0.717) is 23.3 Å². The summed E-state index contributed by atoms with van der Waals surface area (Å²) in [6.07, 6.45) is 1.61. The number of rotatable bonds is 5. The summed E-state index contributed by atoms with van der Waals surface area (Å²) in [6, 6.07) is 9.16. The molecular formula is C16H16N4O3. The van der Waals surface area contributed by atoms with Crippen molar-refractivity contribution in [2.75, 3.05) is 0 Å². The average Bonchev–Trinajstić information content (AvgIpc) is 3.17. The van der Waals surface area contributed by atoms with Gasteiger partial charge in [-0.05, 0) is 26.0 Å². The third-order valence-corrected chi connectivity index (χ3v) is 3.21. The van der Waals surface area contributed by atoms with Crippen LogP contribution in [0.2, 0.25) is 0 Å². The van der Waals surface area contributed by atoms with Gasteiger partial charge in [-0.1, -0.05) is 23.4 Å². The van der Waals surface area contributed by atoms with Crippen LogP contribution < -0.4 is 5.32 Å². The number of benzene rings is 1. The maximum Gasteiger partial charge on any atom is 0.248 e. The van der Waals surface area contributed by atoms with Gasteiger partial charge in [-0.25, -0.2) is 4.98 Å². The molecule has 3 aromatic rings. The summed E-state index contributed by atoms with van der Waals surface area (Å²) in [6.45, 7) is 3.51. The van der Waals surface area contributed by atoms with Crippen molar-refractivity contribution in [1.29, 1.82) is 0 Å². The Hall–Kier alpha value is -2.96. The highest BCUT2D eigenvalue weighted by Gasteiger charge is 2.17. The van der Waals surface area contributed by atoms with E-state index in [9.17, 15) is 4.79 Å². The lowest BCUT2D eigenvalue weighted by Crippen LogP contribution is -2.28. The minimum Gasteiger partial charge on any atom is -0.444 e. The number of oxazole rings is 1. The lowest BCUT2D eigenvalue weighted by atomic mass is 10.2. The first-order valence-electron chi connectivity index (χ1n) is 7.21. The van der Waals surface area contributed by atoms with Crippen molar-refractivity contribution in [2.24, 2.45) is 0 Å². The van der Waals surface area contributed by atoms with E-state index in [-0.39, 0.29) is 18.4 Å². The molecule has 1 atom stereocenters. The molecule has 1 N–H and O–H groups in total. The van der Waals surface area contributed by atoms with E-state index in [1.165, 1.54) is 6.26 Å². The van der Waals surface area contributed by atoms with Crippen molar-refractivity contribution in [1.82, 2.24) is 20.4 Å². The number of carbonyl (C=O) groups is 1. The van der Waals surface area contributed by atoms with Gasteiger partial charge in [0.2, 0.25) is 17.7 Å². The van der Waals surface area contributed by atoms with Crippen molar-refractivity contribution in [2.45, 2.75) is 26.3 Å². The minimum atomic E-state index is -0.357. The molecule has 0 saturated heterocycles. The Morgan fingerprint density at radius 3 is 2.74 bits per heavy atom. The predicted octanol–water partition coefficient (Wildman–Crippen LogP) is 2.45. The molecule has 0 unspecified atom stereocenters. The van der Waals surface area contributed by atoms with E-state index >= 15 is 0 Å². The molecule has 0 aliphatic heterocycles. The molecule has 0 radical (unpaired) electrons. The van der Waals surface area contributed by atoms with Gasteiger partial charge in [0.05, 0.1) is 12.1 Å². The Morgan fingerprint density at radius 1 is 1.26 bits per heavy atom. The van der Waals surface area contributed by atoms with Crippen molar-refractivity contribution in [3.63, 3.8) is 0 Å². The zero-order valence-electron chi connectivity index (χ0n) is 12.8. The van der Waals surface area contributed by atoms with Crippen LogP contribution in [0.3, 0.4) is 0 Å². The quantitative estimate of drug-likeness (QED) is 0.777. The molecule has 118 valence electrons. The summed E-state index contributed by atoms with van der Waals surface area (Å²) in [5.74, 6) is 1.21. The normalized spacial score (nSPS) is 12.1. The fourth-order valence-electron chi connectivity index (χ4n) is 2.11. The van der Waals surface area contributed by atoms with Crippen molar-refractivity contribution in [3.8, 4) is 11.5 Å². The fraction of sp³-hybridized carbons (Fsp3) is 0.250. The van der Waals surface area contributed by atoms with Crippen LogP contribution in [0.25, 0.3) is 11.5 Å². The van der Waals surface area contributed by atoms with Gasteiger partial charge in [-0.3, -0.25) is 4.79 Å². The molecule has 0 bridgehead atoms. The second-order valence-electron chi connectivity index (χ2n) is 5.16. The number of hydrogen-bond acceptors (Lipinski definition) is 6. The molecule has 0 saturated carbocycles. The van der Waals surface area contributed by atoms with E-state index in [4.69, 9.17) is 8.94 Å². The average molecular weight is 312 g/mol. The van der Waals surface area contributed by atoms with Gasteiger partial charge in [0, 0.05) is 5.56 Å². The number of aromatic nitrogens is 3. The molecule has 23 heavy (non-hydrogen) atoms. The third kappa shape index (κ3) is 3.63. The highest BCUT2D eigenvalue weighted by atomic mass is 16.5. The number of carbonyl (C=O) groups excluding carboxylic acids is 1. The van der Waals surface area contributed by atoms with E-state index in [1.54, 1.807) is 13.8 Å². The van der Waals surface area contributed by atoms with Gasteiger partial charge in [0.15, 0.2) is 5.82 Å². The van der Waals surface area contributed by atoms with Crippen LogP contribution in [0.5, 0.6) is 0 Å². The van der Waals surface area contributed by atoms with Gasteiger partial charge in [0.1, 0.15) is 12.3 Å². The van der Waals surface area contributed by atoms with Crippen molar-refractivity contribution in [3.05, 3.63) is 54.0 Å². The predicted molar refractivity (Wildman–Crippen MR) is 81.2 cm³/mol. The molecule has 1 aromatic carbocycles. The molecule has 0 spiro atoms. The molecule has 1 amide bonds. The molecule has 0 aliphatic rings. The van der Waals surface area contributed by atoms with E-state index < -0.39 is 0 Å². The van der Waals surface area contributed by atoms with Crippen molar-refractivity contribution < 1.29 is 13.7 Å². The molecule has 7 heteroatoms. The third-order valence-electron chi connectivity index (χ3n) is 3.21. The molecule has 7 nitrogen and oxygen atoms in total. The monoisotopic (exact) mass is 312 g/mol. The highest BCUT2D eigenvalue weighted by Crippen LogP contribution is 2.18. The maximum atomic E-state index is 12.1. The van der Waals surface area contributed by atoms with Crippen LogP contribution in [0.4, 0.5) is 0 Å². The summed E-state index contributed by atoms with van der Waals surface area (Å²) in [7, 11) is 0. The summed E-state index contributed by atoms with van der Waals surface area (Å²) >= 11 is 0. The smallest absolute Gasteiger partial charge is 0.248 e. The van der Waals surface area contributed by atoms with Crippen LogP contribution in [0.1, 0.15) is 30.4 Å². The molecular weight excluding hydrogens is 296 g/mol. The second-order valence-corrected chi connectivity index (χ2v) is 5.16. The van der Waals surface area contributed by atoms with Crippen LogP contribution >= 0.6 is 0 Å². The first-order chi connectivity index (χ1) is 11.1. The van der Waals surface area contributed by atoms with Crippen LogP contribution in [0, 0.1) is 6.92 Å². The lowest BCUT2D eigenvalue weighted by molar-refractivity contribution is -0.121. The summed E-state index contributed by atoms with van der Waals surface area (Å²) in [5, 5.41) is 6.49. The Kier molecular flexibility index (Phi) is 4.18. The molecule has 2 aromatic heterocycles. The summed E-state index contributed by atoms with van der Waals surface area (Å²) in [4.78, 5) is 20.5. The van der Waals surface area contributed by atoms with E-state index in [1.807, 2.05) is 30.3 Å². The summed E-state index contributed by atoms with van der Waals surface area (Å²) in [5.41, 5.74) is 1.43. The van der Waals surface area contributed by atoms with Gasteiger partial charge in [-0.2, -0.15) is 4.98 Å². The Labute approximate surface area is 132 Å². The molecule has 0 aliphatic carbocycles. The lowest BCUT2D eigenvalue weighted by Gasteiger charge is -2.08. The van der Waals surface area contributed by atoms with Crippen molar-refractivity contribution >= 4 is 5.91 Å². The van der Waals surface area contributed by atoms with Crippen LogP contribution in [0.15, 0.2) is 45.5 Å². The number of nitrogens with one attached hydrogen (secondary N) is 1. The first kappa shape index (κ1) is 15.0. The van der Waals surface area contributed by atoms with E-state index in [0.717, 1.165) is 5.56 Å². The first-order valence-corrected chi connectivity index (χ1v) is 7.21. The Balaban J connectivity index is 1.61. The zero-order chi connectivity index (χ0) is 16.2. The largest absolute Gasteiger partial charge is 0.444 e. The number of amides is 1. The van der Waals surface area contributed by atoms with E-state index in [2.05, 4.69) is 20.4 Å². The highest BCUT2D eigenvalue weighted by molar-refractivity contribution is 5.78. The van der Waals surface area contributed by atoms with Crippen LogP contribution in [-0.4, -0.2) is 21.0 Å².